The molecule has 2 aromatic heterocycles. The second-order valence-electron chi connectivity index (χ2n) is 9.03. The Morgan fingerprint density at radius 3 is 2.54 bits per heavy atom. The molecule has 0 saturated carbocycles. The fourth-order valence-corrected chi connectivity index (χ4v) is 4.60. The van der Waals surface area contributed by atoms with Crippen molar-refractivity contribution in [3.63, 3.8) is 0 Å². The van der Waals surface area contributed by atoms with Crippen molar-refractivity contribution in [2.45, 2.75) is 71.3 Å². The molecule has 198 valence electrons. The molecule has 0 N–H and O–H groups in total. The average Bonchev–Trinajstić information content (AvgIpc) is 3.45. The van der Waals surface area contributed by atoms with Gasteiger partial charge in [-0.25, -0.2) is 14.2 Å². The molecule has 0 radical (unpaired) electrons. The van der Waals surface area contributed by atoms with Gasteiger partial charge in [0.15, 0.2) is 0 Å². The first kappa shape index (κ1) is 26.8. The quantitative estimate of drug-likeness (QED) is 0.267. The number of hydrogen-bond acceptors (Lipinski definition) is 4. The number of halogens is 5. The summed E-state index contributed by atoms with van der Waals surface area (Å²) in [6.07, 6.45) is 2.36. The van der Waals surface area contributed by atoms with Crippen molar-refractivity contribution in [2.24, 2.45) is 4.99 Å². The zero-order chi connectivity index (χ0) is 26.7. The van der Waals surface area contributed by atoms with Gasteiger partial charge in [-0.15, -0.1) is 0 Å². The Morgan fingerprint density at radius 2 is 1.81 bits per heavy atom. The van der Waals surface area contributed by atoms with Gasteiger partial charge in [0.1, 0.15) is 16.8 Å². The van der Waals surface area contributed by atoms with Crippen LogP contribution in [0.1, 0.15) is 54.9 Å². The predicted octanol–water partition coefficient (Wildman–Crippen LogP) is 5.06. The van der Waals surface area contributed by atoms with Crippen LogP contribution in [0.5, 0.6) is 0 Å². The van der Waals surface area contributed by atoms with E-state index in [1.165, 1.54) is 19.9 Å². The van der Waals surface area contributed by atoms with E-state index in [4.69, 9.17) is 11.6 Å². The zero-order valence-corrected chi connectivity index (χ0v) is 20.9. The van der Waals surface area contributed by atoms with E-state index in [0.717, 1.165) is 37.0 Å². The number of nitrogens with zero attached hydrogens (tertiary/aromatic N) is 5. The minimum atomic E-state index is -4.78. The molecule has 1 aromatic carbocycles. The number of hydrogen-bond donors (Lipinski definition) is 0. The van der Waals surface area contributed by atoms with Crippen LogP contribution in [0.15, 0.2) is 45.2 Å². The lowest BCUT2D eigenvalue weighted by Gasteiger charge is -2.14. The summed E-state index contributed by atoms with van der Waals surface area (Å²) in [7, 11) is 0. The molecule has 37 heavy (non-hydrogen) atoms. The average molecular weight is 540 g/mol. The lowest BCUT2D eigenvalue weighted by molar-refractivity contribution is -0.140. The Morgan fingerprint density at radius 1 is 1.05 bits per heavy atom. The number of fused-ring (bicyclic) bond motifs is 1. The standard InChI is InChI=1S/C25H26ClF4N5O2/c1-2-3-4-9-34-22-18(12-21(26)32-22)23(36)35(24(34)37)10-5-6-17-13-31-33(15-17)14-16-7-8-20(27)19(11-16)25(28,29)30/h7-8,11,13,15H,2-6,9-10,12,14H2,1H3. The van der Waals surface area contributed by atoms with E-state index >= 15 is 0 Å². The van der Waals surface area contributed by atoms with E-state index in [-0.39, 0.29) is 30.2 Å². The van der Waals surface area contributed by atoms with Gasteiger partial charge in [-0.2, -0.15) is 18.3 Å². The Hall–Kier alpha value is -3.21. The summed E-state index contributed by atoms with van der Waals surface area (Å²) in [4.78, 5) is 30.3. The molecule has 12 heteroatoms. The molecule has 0 amide bonds. The summed E-state index contributed by atoms with van der Waals surface area (Å²) in [6, 6.07) is 2.86. The lowest BCUT2D eigenvalue weighted by atomic mass is 10.1. The fraction of sp³-hybridized carbons (Fsp3) is 0.440. The van der Waals surface area contributed by atoms with Gasteiger partial charge in [-0.05, 0) is 42.5 Å². The summed E-state index contributed by atoms with van der Waals surface area (Å²) < 4.78 is 56.7. The molecule has 0 bridgehead atoms. The van der Waals surface area contributed by atoms with E-state index in [9.17, 15) is 27.2 Å². The number of rotatable bonds is 10. The molecule has 7 nitrogen and oxygen atoms in total. The van der Waals surface area contributed by atoms with Crippen molar-refractivity contribution >= 4 is 22.6 Å². The molecule has 4 rings (SSSR count). The Labute approximate surface area is 215 Å². The summed E-state index contributed by atoms with van der Waals surface area (Å²) in [5.41, 5.74) is -0.642. The molecule has 0 unspecified atom stereocenters. The third kappa shape index (κ3) is 6.03. The third-order valence-electron chi connectivity index (χ3n) is 6.24. The van der Waals surface area contributed by atoms with E-state index < -0.39 is 28.8 Å². The second-order valence-corrected chi connectivity index (χ2v) is 9.46. The van der Waals surface area contributed by atoms with Crippen LogP contribution in [0.2, 0.25) is 0 Å². The number of alkyl halides is 3. The van der Waals surface area contributed by atoms with E-state index in [1.807, 2.05) is 0 Å². The number of unbranched alkanes of at least 4 members (excludes halogenated alkanes) is 2. The Bertz CT molecular complexity index is 1440. The van der Waals surface area contributed by atoms with Gasteiger partial charge in [0.25, 0.3) is 5.56 Å². The largest absolute Gasteiger partial charge is 0.419 e. The molecular weight excluding hydrogens is 514 g/mol. The minimum Gasteiger partial charge on any atom is -0.278 e. The van der Waals surface area contributed by atoms with Crippen molar-refractivity contribution in [3.8, 4) is 0 Å². The van der Waals surface area contributed by atoms with Crippen molar-refractivity contribution in [3.05, 3.63) is 79.5 Å². The number of benzene rings is 1. The molecule has 0 spiro atoms. The van der Waals surface area contributed by atoms with Gasteiger partial charge in [-0.3, -0.25) is 18.6 Å². The Balaban J connectivity index is 1.45. The smallest absolute Gasteiger partial charge is 0.278 e. The molecule has 3 aromatic rings. The van der Waals surface area contributed by atoms with E-state index in [2.05, 4.69) is 17.0 Å². The summed E-state index contributed by atoms with van der Waals surface area (Å²) in [6.45, 7) is 2.74. The van der Waals surface area contributed by atoms with Crippen molar-refractivity contribution < 1.29 is 17.6 Å². The topological polar surface area (TPSA) is 74.2 Å². The van der Waals surface area contributed by atoms with Crippen LogP contribution in [0.25, 0.3) is 0 Å². The SMILES string of the molecule is CCCCCn1c2c(c(=O)n(CCCc3cnn(Cc4ccc(F)c(C(F)(F)F)c4)c3)c1=O)CC(Cl)=N2. The van der Waals surface area contributed by atoms with Crippen molar-refractivity contribution in [1.82, 2.24) is 18.9 Å². The highest BCUT2D eigenvalue weighted by molar-refractivity contribution is 6.66. The number of aryl methyl sites for hydroxylation is 1. The normalized spacial score (nSPS) is 13.2. The molecule has 0 fully saturated rings. The van der Waals surface area contributed by atoms with Gasteiger partial charge in [0, 0.05) is 25.7 Å². The third-order valence-corrected chi connectivity index (χ3v) is 6.46. The molecule has 0 saturated heterocycles. The highest BCUT2D eigenvalue weighted by Crippen LogP contribution is 2.32. The first-order chi connectivity index (χ1) is 17.6. The van der Waals surface area contributed by atoms with E-state index in [0.29, 0.717) is 30.8 Å². The van der Waals surface area contributed by atoms with Crippen LogP contribution in [0.3, 0.4) is 0 Å². The minimum absolute atomic E-state index is 0.0386. The highest BCUT2D eigenvalue weighted by Gasteiger charge is 2.34. The molecule has 1 aliphatic heterocycles. The lowest BCUT2D eigenvalue weighted by Crippen LogP contribution is -2.41. The maximum atomic E-state index is 13.5. The first-order valence-electron chi connectivity index (χ1n) is 12.0. The number of aromatic nitrogens is 4. The van der Waals surface area contributed by atoms with E-state index in [1.54, 1.807) is 12.4 Å². The number of aliphatic imine (C=N–C) groups is 1. The van der Waals surface area contributed by atoms with Gasteiger partial charge in [-0.1, -0.05) is 37.4 Å². The zero-order valence-electron chi connectivity index (χ0n) is 20.2. The maximum Gasteiger partial charge on any atom is 0.419 e. The highest BCUT2D eigenvalue weighted by atomic mass is 35.5. The maximum absolute atomic E-state index is 13.5. The van der Waals surface area contributed by atoms with Gasteiger partial charge < -0.3 is 0 Å². The van der Waals surface area contributed by atoms with Gasteiger partial charge >= 0.3 is 11.9 Å². The fourth-order valence-electron chi connectivity index (χ4n) is 4.38. The predicted molar refractivity (Wildman–Crippen MR) is 132 cm³/mol. The van der Waals surface area contributed by atoms with Crippen LogP contribution in [-0.4, -0.2) is 24.1 Å². The van der Waals surface area contributed by atoms with Crippen LogP contribution >= 0.6 is 11.6 Å². The molecule has 1 aliphatic rings. The first-order valence-corrected chi connectivity index (χ1v) is 12.4. The van der Waals surface area contributed by atoms with Crippen LogP contribution < -0.4 is 11.2 Å². The molecular formula is C25H26ClF4N5O2. The molecule has 0 aliphatic carbocycles. The van der Waals surface area contributed by atoms with Crippen LogP contribution in [0, 0.1) is 5.82 Å². The van der Waals surface area contributed by atoms with Gasteiger partial charge in [0.2, 0.25) is 0 Å². The summed E-state index contributed by atoms with van der Waals surface area (Å²) in [5, 5.41) is 4.46. The van der Waals surface area contributed by atoms with Crippen LogP contribution in [0.4, 0.5) is 23.4 Å². The summed E-state index contributed by atoms with van der Waals surface area (Å²) >= 11 is 6.07. The van der Waals surface area contributed by atoms with Gasteiger partial charge in [0.05, 0.1) is 23.9 Å². The Kier molecular flexibility index (Phi) is 8.01. The molecule has 3 heterocycles. The molecule has 0 atom stereocenters. The second kappa shape index (κ2) is 11.0. The summed E-state index contributed by atoms with van der Waals surface area (Å²) in [5.74, 6) is -0.972. The van der Waals surface area contributed by atoms with Crippen LogP contribution in [-0.2, 0) is 38.7 Å². The van der Waals surface area contributed by atoms with Crippen molar-refractivity contribution in [1.29, 1.82) is 0 Å². The van der Waals surface area contributed by atoms with Crippen molar-refractivity contribution in [2.75, 3.05) is 0 Å². The monoisotopic (exact) mass is 539 g/mol.